The summed E-state index contributed by atoms with van der Waals surface area (Å²) in [5.74, 6) is -0.309. The summed E-state index contributed by atoms with van der Waals surface area (Å²) >= 11 is 1.31. The van der Waals surface area contributed by atoms with Gasteiger partial charge in [-0.3, -0.25) is 0 Å². The normalized spacial score (nSPS) is 10.9. The van der Waals surface area contributed by atoms with Crippen molar-refractivity contribution >= 4 is 27.1 Å². The van der Waals surface area contributed by atoms with Gasteiger partial charge in [0, 0.05) is 26.7 Å². The number of aliphatic hydroxyl groups excluding tert-OH is 1. The van der Waals surface area contributed by atoms with Crippen LogP contribution in [0.25, 0.3) is 10.1 Å². The number of nitrogen functional groups attached to an aromatic ring is 1. The number of benzene rings is 1. The molecule has 2 nitrogen and oxygen atoms in total. The van der Waals surface area contributed by atoms with Crippen molar-refractivity contribution in [3.05, 3.63) is 28.9 Å². The highest BCUT2D eigenvalue weighted by Gasteiger charge is 2.10. The van der Waals surface area contributed by atoms with Gasteiger partial charge in [0.2, 0.25) is 0 Å². The number of nitrogens with two attached hydrogens (primary N) is 1. The molecule has 0 aliphatic heterocycles. The molecule has 1 aromatic carbocycles. The monoisotopic (exact) mass is 197 g/mol. The predicted octanol–water partition coefficient (Wildman–Crippen LogP) is 2.11. The van der Waals surface area contributed by atoms with Crippen LogP contribution in [0.5, 0.6) is 0 Å². The molecule has 0 saturated carbocycles. The van der Waals surface area contributed by atoms with E-state index in [0.717, 1.165) is 4.70 Å². The average molecular weight is 197 g/mol. The zero-order valence-electron chi connectivity index (χ0n) is 6.75. The number of aliphatic hydroxyl groups is 1. The number of thiophene rings is 1. The van der Waals surface area contributed by atoms with E-state index >= 15 is 0 Å². The molecule has 0 amide bonds. The molecule has 1 aromatic heterocycles. The van der Waals surface area contributed by atoms with Gasteiger partial charge < -0.3 is 10.8 Å². The van der Waals surface area contributed by atoms with E-state index in [1.807, 2.05) is 0 Å². The Bertz CT molecular complexity index is 452. The fourth-order valence-corrected chi connectivity index (χ4v) is 2.18. The first-order valence-corrected chi connectivity index (χ1v) is 4.67. The maximum atomic E-state index is 13.2. The lowest BCUT2D eigenvalue weighted by molar-refractivity contribution is 0.284. The molecule has 0 radical (unpaired) electrons. The summed E-state index contributed by atoms with van der Waals surface area (Å²) in [6.45, 7) is -0.225. The lowest BCUT2D eigenvalue weighted by atomic mass is 10.1. The Morgan fingerprint density at radius 1 is 1.46 bits per heavy atom. The van der Waals surface area contributed by atoms with Crippen molar-refractivity contribution in [2.24, 2.45) is 0 Å². The fraction of sp³-hybridized carbons (Fsp3) is 0.111. The van der Waals surface area contributed by atoms with E-state index in [0.29, 0.717) is 16.6 Å². The molecule has 0 aliphatic carbocycles. The maximum Gasteiger partial charge on any atom is 0.142 e. The van der Waals surface area contributed by atoms with Crippen molar-refractivity contribution in [2.45, 2.75) is 6.61 Å². The SMILES string of the molecule is Nc1ccc2scc(F)c2c1CO. The molecule has 0 aliphatic rings. The Kier molecular flexibility index (Phi) is 1.94. The molecule has 0 fully saturated rings. The molecule has 0 atom stereocenters. The van der Waals surface area contributed by atoms with Crippen LogP contribution in [0.1, 0.15) is 5.56 Å². The summed E-state index contributed by atoms with van der Waals surface area (Å²) in [6, 6.07) is 3.45. The van der Waals surface area contributed by atoms with E-state index in [9.17, 15) is 4.39 Å². The largest absolute Gasteiger partial charge is 0.398 e. The quantitative estimate of drug-likeness (QED) is 0.688. The van der Waals surface area contributed by atoms with E-state index in [1.54, 1.807) is 12.1 Å². The summed E-state index contributed by atoms with van der Waals surface area (Å²) in [4.78, 5) is 0. The van der Waals surface area contributed by atoms with Crippen LogP contribution in [-0.2, 0) is 6.61 Å². The molecule has 0 spiro atoms. The summed E-state index contributed by atoms with van der Waals surface area (Å²) in [7, 11) is 0. The third-order valence-corrected chi connectivity index (χ3v) is 2.92. The Balaban J connectivity index is 2.88. The molecular formula is C9H8FNOS. The summed E-state index contributed by atoms with van der Waals surface area (Å²) in [5, 5.41) is 10.9. The van der Waals surface area contributed by atoms with Gasteiger partial charge >= 0.3 is 0 Å². The van der Waals surface area contributed by atoms with E-state index in [4.69, 9.17) is 10.8 Å². The van der Waals surface area contributed by atoms with Gasteiger partial charge in [0.25, 0.3) is 0 Å². The van der Waals surface area contributed by atoms with E-state index in [2.05, 4.69) is 0 Å². The highest BCUT2D eigenvalue weighted by atomic mass is 32.1. The third-order valence-electron chi connectivity index (χ3n) is 2.00. The molecule has 13 heavy (non-hydrogen) atoms. The van der Waals surface area contributed by atoms with Crippen molar-refractivity contribution in [1.82, 2.24) is 0 Å². The van der Waals surface area contributed by atoms with Crippen molar-refractivity contribution in [1.29, 1.82) is 0 Å². The van der Waals surface area contributed by atoms with E-state index in [-0.39, 0.29) is 12.4 Å². The number of fused-ring (bicyclic) bond motifs is 1. The van der Waals surface area contributed by atoms with E-state index < -0.39 is 0 Å². The molecule has 0 saturated heterocycles. The molecule has 68 valence electrons. The fourth-order valence-electron chi connectivity index (χ4n) is 1.35. The van der Waals surface area contributed by atoms with Crippen LogP contribution in [0.4, 0.5) is 10.1 Å². The van der Waals surface area contributed by atoms with Crippen LogP contribution < -0.4 is 5.73 Å². The lowest BCUT2D eigenvalue weighted by Gasteiger charge is -2.03. The summed E-state index contributed by atoms with van der Waals surface area (Å²) < 4.78 is 14.0. The number of hydrogen-bond acceptors (Lipinski definition) is 3. The second-order valence-electron chi connectivity index (χ2n) is 2.75. The average Bonchev–Trinajstić information content (AvgIpc) is 2.49. The van der Waals surface area contributed by atoms with Crippen LogP contribution in [0.3, 0.4) is 0 Å². The Hall–Kier alpha value is -1.13. The van der Waals surface area contributed by atoms with E-state index in [1.165, 1.54) is 16.7 Å². The molecule has 0 unspecified atom stereocenters. The molecule has 3 N–H and O–H groups in total. The van der Waals surface area contributed by atoms with Gasteiger partial charge in [-0.05, 0) is 12.1 Å². The molecule has 2 rings (SSSR count). The van der Waals surface area contributed by atoms with Crippen LogP contribution >= 0.6 is 11.3 Å². The van der Waals surface area contributed by atoms with Gasteiger partial charge in [0.1, 0.15) is 5.82 Å². The first-order chi connectivity index (χ1) is 6.24. The zero-order chi connectivity index (χ0) is 9.42. The molecule has 0 bridgehead atoms. The topological polar surface area (TPSA) is 46.2 Å². The van der Waals surface area contributed by atoms with Gasteiger partial charge in [-0.15, -0.1) is 11.3 Å². The number of hydrogen-bond donors (Lipinski definition) is 2. The van der Waals surface area contributed by atoms with Gasteiger partial charge in [0.05, 0.1) is 6.61 Å². The van der Waals surface area contributed by atoms with Crippen molar-refractivity contribution in [3.63, 3.8) is 0 Å². The Morgan fingerprint density at radius 2 is 2.23 bits per heavy atom. The van der Waals surface area contributed by atoms with Crippen molar-refractivity contribution < 1.29 is 9.50 Å². The second-order valence-corrected chi connectivity index (χ2v) is 3.66. The van der Waals surface area contributed by atoms with Crippen LogP contribution in [0.2, 0.25) is 0 Å². The molecule has 2 aromatic rings. The highest BCUT2D eigenvalue weighted by Crippen LogP contribution is 2.31. The summed E-state index contributed by atoms with van der Waals surface area (Å²) in [6.07, 6.45) is 0. The smallest absolute Gasteiger partial charge is 0.142 e. The third kappa shape index (κ3) is 1.18. The minimum Gasteiger partial charge on any atom is -0.398 e. The van der Waals surface area contributed by atoms with Gasteiger partial charge in [-0.1, -0.05) is 0 Å². The second kappa shape index (κ2) is 2.97. The minimum atomic E-state index is -0.309. The first kappa shape index (κ1) is 8.47. The minimum absolute atomic E-state index is 0.225. The molecular weight excluding hydrogens is 189 g/mol. The van der Waals surface area contributed by atoms with Gasteiger partial charge in [0.15, 0.2) is 0 Å². The highest BCUT2D eigenvalue weighted by molar-refractivity contribution is 7.17. The standard InChI is InChI=1S/C9H8FNOS/c10-6-4-13-8-2-1-7(11)5(3-12)9(6)8/h1-2,4,12H,3,11H2. The number of anilines is 1. The van der Waals surface area contributed by atoms with Crippen molar-refractivity contribution in [3.8, 4) is 0 Å². The van der Waals surface area contributed by atoms with Crippen LogP contribution in [0.15, 0.2) is 17.5 Å². The Morgan fingerprint density at radius 3 is 2.92 bits per heavy atom. The Labute approximate surface area is 78.4 Å². The van der Waals surface area contributed by atoms with Crippen LogP contribution in [0, 0.1) is 5.82 Å². The maximum absolute atomic E-state index is 13.2. The zero-order valence-corrected chi connectivity index (χ0v) is 7.57. The van der Waals surface area contributed by atoms with Crippen molar-refractivity contribution in [2.75, 3.05) is 5.73 Å². The van der Waals surface area contributed by atoms with Gasteiger partial charge in [-0.2, -0.15) is 0 Å². The molecule has 4 heteroatoms. The number of rotatable bonds is 1. The number of halogens is 1. The van der Waals surface area contributed by atoms with Gasteiger partial charge in [-0.25, -0.2) is 4.39 Å². The van der Waals surface area contributed by atoms with Crippen LogP contribution in [-0.4, -0.2) is 5.11 Å². The lowest BCUT2D eigenvalue weighted by Crippen LogP contribution is -1.94. The summed E-state index contributed by atoms with van der Waals surface area (Å²) in [5.41, 5.74) is 6.52. The first-order valence-electron chi connectivity index (χ1n) is 3.79. The predicted molar refractivity (Wildman–Crippen MR) is 52.1 cm³/mol. The molecule has 1 heterocycles.